The Morgan fingerprint density at radius 3 is 2.56 bits per heavy atom. The van der Waals surface area contributed by atoms with E-state index in [0.717, 1.165) is 38.8 Å². The van der Waals surface area contributed by atoms with Gasteiger partial charge in [0.05, 0.1) is 6.54 Å². The zero-order chi connectivity index (χ0) is 13.4. The minimum absolute atomic E-state index is 0.0357. The summed E-state index contributed by atoms with van der Waals surface area (Å²) in [5, 5.41) is 2.70. The van der Waals surface area contributed by atoms with Crippen molar-refractivity contribution < 1.29 is 9.59 Å². The molecule has 0 aromatic heterocycles. The number of nitrogens with one attached hydrogen (secondary N) is 1. The molecular weight excluding hydrogens is 230 g/mol. The van der Waals surface area contributed by atoms with Crippen LogP contribution >= 0.6 is 0 Å². The van der Waals surface area contributed by atoms with Crippen molar-refractivity contribution in [2.45, 2.75) is 39.0 Å². The number of hydrogen-bond donors (Lipinski definition) is 2. The standard InChI is InChI=1S/C13H25N3O2/c1-11(6-7-14)4-5-12(17)15-10-13(18)16-8-2-3-9-16/h11H,2-10,14H2,1H3,(H,15,17). The molecule has 1 unspecified atom stereocenters. The molecule has 1 fully saturated rings. The van der Waals surface area contributed by atoms with E-state index in [-0.39, 0.29) is 18.4 Å². The monoisotopic (exact) mass is 255 g/mol. The minimum Gasteiger partial charge on any atom is -0.347 e. The normalized spacial score (nSPS) is 16.7. The quantitative estimate of drug-likeness (QED) is 0.695. The number of hydrogen-bond acceptors (Lipinski definition) is 3. The van der Waals surface area contributed by atoms with Gasteiger partial charge in [-0.15, -0.1) is 0 Å². The molecule has 1 atom stereocenters. The molecule has 0 aliphatic carbocycles. The molecule has 18 heavy (non-hydrogen) atoms. The maximum Gasteiger partial charge on any atom is 0.241 e. The van der Waals surface area contributed by atoms with Crippen molar-refractivity contribution in [3.05, 3.63) is 0 Å². The van der Waals surface area contributed by atoms with Gasteiger partial charge in [0.1, 0.15) is 0 Å². The fourth-order valence-electron chi connectivity index (χ4n) is 2.15. The highest BCUT2D eigenvalue weighted by molar-refractivity contribution is 5.84. The molecule has 0 saturated carbocycles. The van der Waals surface area contributed by atoms with E-state index < -0.39 is 0 Å². The van der Waals surface area contributed by atoms with Gasteiger partial charge in [0.15, 0.2) is 0 Å². The highest BCUT2D eigenvalue weighted by atomic mass is 16.2. The van der Waals surface area contributed by atoms with Gasteiger partial charge in [0.25, 0.3) is 0 Å². The smallest absolute Gasteiger partial charge is 0.241 e. The van der Waals surface area contributed by atoms with E-state index in [1.54, 1.807) is 0 Å². The van der Waals surface area contributed by atoms with E-state index in [0.29, 0.717) is 18.9 Å². The summed E-state index contributed by atoms with van der Waals surface area (Å²) in [4.78, 5) is 25.1. The van der Waals surface area contributed by atoms with Crippen molar-refractivity contribution in [1.29, 1.82) is 0 Å². The van der Waals surface area contributed by atoms with Gasteiger partial charge in [-0.3, -0.25) is 9.59 Å². The van der Waals surface area contributed by atoms with Crippen LogP contribution in [0.2, 0.25) is 0 Å². The largest absolute Gasteiger partial charge is 0.347 e. The van der Waals surface area contributed by atoms with Crippen molar-refractivity contribution in [3.63, 3.8) is 0 Å². The summed E-state index contributed by atoms with van der Waals surface area (Å²) >= 11 is 0. The number of amides is 2. The number of nitrogens with two attached hydrogens (primary N) is 1. The Labute approximate surface area is 109 Å². The summed E-state index contributed by atoms with van der Waals surface area (Å²) < 4.78 is 0. The molecular formula is C13H25N3O2. The highest BCUT2D eigenvalue weighted by Gasteiger charge is 2.18. The molecule has 0 radical (unpaired) electrons. The summed E-state index contributed by atoms with van der Waals surface area (Å²) in [6, 6.07) is 0. The lowest BCUT2D eigenvalue weighted by Gasteiger charge is -2.15. The first-order valence-corrected chi connectivity index (χ1v) is 6.88. The lowest BCUT2D eigenvalue weighted by Crippen LogP contribution is -2.38. The SMILES string of the molecule is CC(CCN)CCC(=O)NCC(=O)N1CCCC1. The topological polar surface area (TPSA) is 75.4 Å². The predicted octanol–water partition coefficient (Wildman–Crippen LogP) is 0.490. The van der Waals surface area contributed by atoms with E-state index >= 15 is 0 Å². The summed E-state index contributed by atoms with van der Waals surface area (Å²) in [7, 11) is 0. The molecule has 1 aliphatic rings. The van der Waals surface area contributed by atoms with E-state index in [4.69, 9.17) is 5.73 Å². The fourth-order valence-corrected chi connectivity index (χ4v) is 2.15. The van der Waals surface area contributed by atoms with Gasteiger partial charge in [-0.1, -0.05) is 6.92 Å². The number of carbonyl (C=O) groups excluding carboxylic acids is 2. The third-order valence-corrected chi connectivity index (χ3v) is 3.42. The van der Waals surface area contributed by atoms with Gasteiger partial charge in [-0.25, -0.2) is 0 Å². The zero-order valence-corrected chi connectivity index (χ0v) is 11.3. The molecule has 5 nitrogen and oxygen atoms in total. The maximum atomic E-state index is 11.7. The third-order valence-electron chi connectivity index (χ3n) is 3.42. The van der Waals surface area contributed by atoms with E-state index in [1.807, 2.05) is 4.90 Å². The Kier molecular flexibility index (Phi) is 6.72. The Bertz CT molecular complexity index is 275. The van der Waals surface area contributed by atoms with Crippen molar-refractivity contribution in [1.82, 2.24) is 10.2 Å². The Balaban J connectivity index is 2.10. The highest BCUT2D eigenvalue weighted by Crippen LogP contribution is 2.09. The van der Waals surface area contributed by atoms with Crippen LogP contribution in [0.25, 0.3) is 0 Å². The molecule has 5 heteroatoms. The van der Waals surface area contributed by atoms with Crippen LogP contribution < -0.4 is 11.1 Å². The second kappa shape index (κ2) is 8.08. The molecule has 0 aromatic rings. The van der Waals surface area contributed by atoms with Crippen molar-refractivity contribution >= 4 is 11.8 Å². The summed E-state index contributed by atoms with van der Waals surface area (Å²) in [6.07, 6.45) is 4.42. The summed E-state index contributed by atoms with van der Waals surface area (Å²) in [5.41, 5.74) is 5.45. The third kappa shape index (κ3) is 5.49. The maximum absolute atomic E-state index is 11.7. The van der Waals surface area contributed by atoms with Gasteiger partial charge in [-0.2, -0.15) is 0 Å². The molecule has 1 saturated heterocycles. The summed E-state index contributed by atoms with van der Waals surface area (Å²) in [6.45, 7) is 4.57. The van der Waals surface area contributed by atoms with Gasteiger partial charge >= 0.3 is 0 Å². The minimum atomic E-state index is -0.0357. The Hall–Kier alpha value is -1.10. The molecule has 1 rings (SSSR count). The van der Waals surface area contributed by atoms with Crippen molar-refractivity contribution in [2.24, 2.45) is 11.7 Å². The first kappa shape index (κ1) is 15.0. The average Bonchev–Trinajstić information content (AvgIpc) is 2.87. The van der Waals surface area contributed by atoms with Crippen LogP contribution in [-0.4, -0.2) is 42.9 Å². The van der Waals surface area contributed by atoms with Gasteiger partial charge in [0.2, 0.25) is 11.8 Å². The van der Waals surface area contributed by atoms with Crippen LogP contribution in [0, 0.1) is 5.92 Å². The molecule has 2 amide bonds. The van der Waals surface area contributed by atoms with Gasteiger partial charge in [0, 0.05) is 19.5 Å². The van der Waals surface area contributed by atoms with Crippen LogP contribution in [0.15, 0.2) is 0 Å². The molecule has 0 aromatic carbocycles. The molecule has 104 valence electrons. The van der Waals surface area contributed by atoms with Gasteiger partial charge < -0.3 is 16.0 Å². The van der Waals surface area contributed by atoms with Crippen molar-refractivity contribution in [2.75, 3.05) is 26.2 Å². The fraction of sp³-hybridized carbons (Fsp3) is 0.846. The lowest BCUT2D eigenvalue weighted by molar-refractivity contribution is -0.132. The number of likely N-dealkylation sites (tertiary alicyclic amines) is 1. The van der Waals surface area contributed by atoms with Crippen LogP contribution in [-0.2, 0) is 9.59 Å². The predicted molar refractivity (Wildman–Crippen MR) is 70.9 cm³/mol. The average molecular weight is 255 g/mol. The van der Waals surface area contributed by atoms with Crippen LogP contribution in [0.3, 0.4) is 0 Å². The zero-order valence-electron chi connectivity index (χ0n) is 11.3. The molecule has 3 N–H and O–H groups in total. The number of rotatable bonds is 7. The lowest BCUT2D eigenvalue weighted by atomic mass is 10.0. The number of carbonyl (C=O) groups is 2. The number of nitrogens with zero attached hydrogens (tertiary/aromatic N) is 1. The Morgan fingerprint density at radius 2 is 1.94 bits per heavy atom. The Morgan fingerprint density at radius 1 is 1.28 bits per heavy atom. The first-order chi connectivity index (χ1) is 8.63. The van der Waals surface area contributed by atoms with Crippen molar-refractivity contribution in [3.8, 4) is 0 Å². The van der Waals surface area contributed by atoms with Gasteiger partial charge in [-0.05, 0) is 38.1 Å². The molecule has 1 aliphatic heterocycles. The van der Waals surface area contributed by atoms with Crippen LogP contribution in [0.4, 0.5) is 0 Å². The molecule has 0 spiro atoms. The van der Waals surface area contributed by atoms with Crippen LogP contribution in [0.1, 0.15) is 39.0 Å². The second-order valence-electron chi connectivity index (χ2n) is 5.09. The van der Waals surface area contributed by atoms with E-state index in [1.165, 1.54) is 0 Å². The van der Waals surface area contributed by atoms with E-state index in [2.05, 4.69) is 12.2 Å². The first-order valence-electron chi connectivity index (χ1n) is 6.88. The summed E-state index contributed by atoms with van der Waals surface area (Å²) in [5.74, 6) is 0.470. The molecule has 0 bridgehead atoms. The van der Waals surface area contributed by atoms with Crippen LogP contribution in [0.5, 0.6) is 0 Å². The van der Waals surface area contributed by atoms with E-state index in [9.17, 15) is 9.59 Å². The second-order valence-corrected chi connectivity index (χ2v) is 5.09. The molecule has 1 heterocycles.